The number of carbonyl (C=O) groups excluding carboxylic acids is 1. The van der Waals surface area contributed by atoms with E-state index in [1.807, 2.05) is 0 Å². The van der Waals surface area contributed by atoms with Crippen LogP contribution in [-0.2, 0) is 4.79 Å². The molecule has 1 amide bonds. The maximum atomic E-state index is 12.1. The summed E-state index contributed by atoms with van der Waals surface area (Å²) in [6.45, 7) is 0.461. The van der Waals surface area contributed by atoms with Gasteiger partial charge in [-0.25, -0.2) is 4.79 Å². The van der Waals surface area contributed by atoms with E-state index in [4.69, 9.17) is 16.7 Å². The molecule has 90 valence electrons. The van der Waals surface area contributed by atoms with Crippen LogP contribution in [0.4, 0.5) is 0 Å². The molecule has 4 nitrogen and oxygen atoms in total. The molecular weight excluding hydrogens is 262 g/mol. The molecule has 0 radical (unpaired) electrons. The first kappa shape index (κ1) is 12.3. The fourth-order valence-electron chi connectivity index (χ4n) is 1.64. The Labute approximate surface area is 108 Å². The molecule has 6 heteroatoms. The summed E-state index contributed by atoms with van der Waals surface area (Å²) in [6, 6.07) is 6.45. The van der Waals surface area contributed by atoms with Gasteiger partial charge in [-0.1, -0.05) is 11.6 Å². The Kier molecular flexibility index (Phi) is 3.59. The largest absolute Gasteiger partial charge is 0.479 e. The van der Waals surface area contributed by atoms with Gasteiger partial charge in [-0.05, 0) is 24.3 Å². The predicted molar refractivity (Wildman–Crippen MR) is 66.4 cm³/mol. The van der Waals surface area contributed by atoms with Crippen molar-refractivity contribution in [3.63, 3.8) is 0 Å². The highest BCUT2D eigenvalue weighted by Crippen LogP contribution is 2.25. The smallest absolute Gasteiger partial charge is 0.337 e. The van der Waals surface area contributed by atoms with Gasteiger partial charge in [-0.3, -0.25) is 4.79 Å². The van der Waals surface area contributed by atoms with Gasteiger partial charge in [0.25, 0.3) is 5.91 Å². The van der Waals surface area contributed by atoms with Crippen LogP contribution >= 0.6 is 23.4 Å². The highest BCUT2D eigenvalue weighted by Gasteiger charge is 2.35. The van der Waals surface area contributed by atoms with Gasteiger partial charge in [-0.15, -0.1) is 11.8 Å². The molecule has 1 aromatic carbocycles. The molecule has 1 heterocycles. The number of carboxylic acid groups (broad SMARTS) is 1. The lowest BCUT2D eigenvalue weighted by atomic mass is 10.2. The van der Waals surface area contributed by atoms with Gasteiger partial charge in [0.15, 0.2) is 5.37 Å². The summed E-state index contributed by atoms with van der Waals surface area (Å²) in [5.41, 5.74) is 0.461. The van der Waals surface area contributed by atoms with Crippen molar-refractivity contribution in [1.82, 2.24) is 4.90 Å². The van der Waals surface area contributed by atoms with Crippen LogP contribution in [0.3, 0.4) is 0 Å². The Morgan fingerprint density at radius 2 is 2.00 bits per heavy atom. The van der Waals surface area contributed by atoms with Crippen LogP contribution in [0.1, 0.15) is 10.4 Å². The number of aliphatic carboxylic acids is 1. The first-order chi connectivity index (χ1) is 8.09. The Bertz CT molecular complexity index is 449. The molecule has 0 saturated carbocycles. The predicted octanol–water partition coefficient (Wildman–Crippen LogP) is 1.94. The van der Waals surface area contributed by atoms with E-state index in [0.29, 0.717) is 22.9 Å². The molecule has 1 aromatic rings. The highest BCUT2D eigenvalue weighted by atomic mass is 35.5. The Balaban J connectivity index is 2.19. The van der Waals surface area contributed by atoms with Crippen LogP contribution in [0.25, 0.3) is 0 Å². The Morgan fingerprint density at radius 1 is 1.35 bits per heavy atom. The molecule has 1 unspecified atom stereocenters. The molecule has 0 spiro atoms. The van der Waals surface area contributed by atoms with Crippen molar-refractivity contribution in [2.24, 2.45) is 0 Å². The number of nitrogens with zero attached hydrogens (tertiary/aromatic N) is 1. The van der Waals surface area contributed by atoms with Gasteiger partial charge in [0, 0.05) is 22.9 Å². The van der Waals surface area contributed by atoms with E-state index in [0.717, 1.165) is 0 Å². The quantitative estimate of drug-likeness (QED) is 0.893. The molecule has 0 aliphatic carbocycles. The maximum Gasteiger partial charge on any atom is 0.337 e. The summed E-state index contributed by atoms with van der Waals surface area (Å²) in [4.78, 5) is 24.4. The SMILES string of the molecule is O=C(O)C1SCCN1C(=O)c1ccc(Cl)cc1. The fourth-order valence-corrected chi connectivity index (χ4v) is 2.82. The third kappa shape index (κ3) is 2.56. The van der Waals surface area contributed by atoms with Gasteiger partial charge in [0.1, 0.15) is 0 Å². The third-order valence-corrected chi connectivity index (χ3v) is 3.90. The highest BCUT2D eigenvalue weighted by molar-refractivity contribution is 8.00. The van der Waals surface area contributed by atoms with Crippen LogP contribution in [0, 0.1) is 0 Å². The van der Waals surface area contributed by atoms with Gasteiger partial charge in [0.2, 0.25) is 0 Å². The first-order valence-electron chi connectivity index (χ1n) is 5.00. The number of amides is 1. The Morgan fingerprint density at radius 3 is 2.59 bits per heavy atom. The van der Waals surface area contributed by atoms with E-state index in [9.17, 15) is 9.59 Å². The van der Waals surface area contributed by atoms with E-state index < -0.39 is 11.3 Å². The van der Waals surface area contributed by atoms with Gasteiger partial charge >= 0.3 is 5.97 Å². The van der Waals surface area contributed by atoms with Crippen LogP contribution in [0.5, 0.6) is 0 Å². The van der Waals surface area contributed by atoms with Crippen molar-refractivity contribution in [2.75, 3.05) is 12.3 Å². The van der Waals surface area contributed by atoms with Crippen molar-refractivity contribution in [1.29, 1.82) is 0 Å². The summed E-state index contributed by atoms with van der Waals surface area (Å²) >= 11 is 7.00. The standard InChI is InChI=1S/C11H10ClNO3S/c12-8-3-1-7(2-4-8)9(14)13-5-6-17-10(13)11(15)16/h1-4,10H,5-6H2,(H,15,16). The molecule has 1 aliphatic heterocycles. The number of thioether (sulfide) groups is 1. The zero-order chi connectivity index (χ0) is 12.4. The molecule has 1 aliphatic rings. The first-order valence-corrected chi connectivity index (χ1v) is 6.43. The molecule has 17 heavy (non-hydrogen) atoms. The van der Waals surface area contributed by atoms with Crippen LogP contribution in [0.15, 0.2) is 24.3 Å². The average molecular weight is 272 g/mol. The molecule has 0 bridgehead atoms. The normalized spacial score (nSPS) is 19.4. The van der Waals surface area contributed by atoms with E-state index >= 15 is 0 Å². The van der Waals surface area contributed by atoms with E-state index in [2.05, 4.69) is 0 Å². The maximum absolute atomic E-state index is 12.1. The molecule has 1 fully saturated rings. The molecule has 2 rings (SSSR count). The lowest BCUT2D eigenvalue weighted by molar-refractivity contribution is -0.138. The van der Waals surface area contributed by atoms with Crippen molar-refractivity contribution >= 4 is 35.2 Å². The minimum atomic E-state index is -0.977. The lowest BCUT2D eigenvalue weighted by Gasteiger charge is -2.20. The zero-order valence-corrected chi connectivity index (χ0v) is 10.4. The van der Waals surface area contributed by atoms with Crippen molar-refractivity contribution in [2.45, 2.75) is 5.37 Å². The zero-order valence-electron chi connectivity index (χ0n) is 8.80. The van der Waals surface area contributed by atoms with Crippen LogP contribution in [0.2, 0.25) is 5.02 Å². The molecule has 1 saturated heterocycles. The molecule has 0 aromatic heterocycles. The van der Waals surface area contributed by atoms with Crippen LogP contribution in [-0.4, -0.2) is 39.6 Å². The van der Waals surface area contributed by atoms with E-state index in [-0.39, 0.29) is 5.91 Å². The summed E-state index contributed by atoms with van der Waals surface area (Å²) in [5.74, 6) is -0.593. The lowest BCUT2D eigenvalue weighted by Crippen LogP contribution is -2.39. The summed E-state index contributed by atoms with van der Waals surface area (Å²) in [7, 11) is 0. The number of carbonyl (C=O) groups is 2. The number of halogens is 1. The van der Waals surface area contributed by atoms with Gasteiger partial charge < -0.3 is 10.0 Å². The second-order valence-corrected chi connectivity index (χ2v) is 5.19. The number of hydrogen-bond donors (Lipinski definition) is 1. The average Bonchev–Trinajstić information content (AvgIpc) is 2.78. The minimum Gasteiger partial charge on any atom is -0.479 e. The topological polar surface area (TPSA) is 57.6 Å². The van der Waals surface area contributed by atoms with Crippen molar-refractivity contribution in [3.05, 3.63) is 34.9 Å². The number of hydrogen-bond acceptors (Lipinski definition) is 3. The molecule has 1 N–H and O–H groups in total. The number of rotatable bonds is 2. The molecule has 1 atom stereocenters. The number of carboxylic acids is 1. The second-order valence-electron chi connectivity index (χ2n) is 3.57. The van der Waals surface area contributed by atoms with Crippen molar-refractivity contribution < 1.29 is 14.7 Å². The van der Waals surface area contributed by atoms with Crippen molar-refractivity contribution in [3.8, 4) is 0 Å². The summed E-state index contributed by atoms with van der Waals surface area (Å²) < 4.78 is 0. The van der Waals surface area contributed by atoms with E-state index in [1.165, 1.54) is 16.7 Å². The summed E-state index contributed by atoms with van der Waals surface area (Å²) in [5, 5.41) is 8.76. The fraction of sp³-hybridized carbons (Fsp3) is 0.273. The number of benzene rings is 1. The van der Waals surface area contributed by atoms with Crippen LogP contribution < -0.4 is 0 Å². The van der Waals surface area contributed by atoms with Gasteiger partial charge in [0.05, 0.1) is 0 Å². The third-order valence-electron chi connectivity index (χ3n) is 2.45. The minimum absolute atomic E-state index is 0.265. The Hall–Kier alpha value is -1.20. The monoisotopic (exact) mass is 271 g/mol. The second kappa shape index (κ2) is 4.98. The summed E-state index contributed by atoms with van der Waals surface area (Å²) in [6.07, 6.45) is 0. The van der Waals surface area contributed by atoms with Gasteiger partial charge in [-0.2, -0.15) is 0 Å². The van der Waals surface area contributed by atoms with E-state index in [1.54, 1.807) is 24.3 Å². The molecular formula is C11H10ClNO3S.